The fourth-order valence-corrected chi connectivity index (χ4v) is 3.56. The zero-order chi connectivity index (χ0) is 18.8. The van der Waals surface area contributed by atoms with Crippen LogP contribution in [0.15, 0.2) is 47.4 Å². The van der Waals surface area contributed by atoms with Gasteiger partial charge in [-0.2, -0.15) is 0 Å². The summed E-state index contributed by atoms with van der Waals surface area (Å²) in [5.74, 6) is -0.317. The Bertz CT molecular complexity index is 698. The van der Waals surface area contributed by atoms with Crippen molar-refractivity contribution in [3.8, 4) is 0 Å². The number of unbranched alkanes of at least 4 members (excludes halogenated alkanes) is 1. The third-order valence-corrected chi connectivity index (χ3v) is 5.13. The van der Waals surface area contributed by atoms with Gasteiger partial charge in [-0.1, -0.05) is 79.8 Å². The molecule has 0 radical (unpaired) electrons. The summed E-state index contributed by atoms with van der Waals surface area (Å²) in [7, 11) is 0. The van der Waals surface area contributed by atoms with Crippen LogP contribution in [0.4, 0.5) is 0 Å². The maximum atomic E-state index is 12.4. The molecule has 0 bridgehead atoms. The minimum atomic E-state index is -0.217. The van der Waals surface area contributed by atoms with Gasteiger partial charge >= 0.3 is 5.97 Å². The Labute approximate surface area is 164 Å². The number of amides is 1. The van der Waals surface area contributed by atoms with Crippen LogP contribution in [0.3, 0.4) is 0 Å². The summed E-state index contributed by atoms with van der Waals surface area (Å²) in [6, 6.07) is 9.88. The summed E-state index contributed by atoms with van der Waals surface area (Å²) in [5.41, 5.74) is 1.07. The molecule has 0 aromatic heterocycles. The smallest absolute Gasteiger partial charge is 0.305 e. The second-order valence-corrected chi connectivity index (χ2v) is 7.48. The number of carbonyl (C=O) groups is 2. The minimum absolute atomic E-state index is 0.0999. The first kappa shape index (κ1) is 20.4. The Morgan fingerprint density at radius 2 is 2.04 bits per heavy atom. The van der Waals surface area contributed by atoms with Crippen LogP contribution in [-0.4, -0.2) is 34.2 Å². The average Bonchev–Trinajstić information content (AvgIpc) is 2.90. The number of hydrogen-bond donors (Lipinski definition) is 0. The van der Waals surface area contributed by atoms with E-state index in [1.807, 2.05) is 49.4 Å². The second-order valence-electron chi connectivity index (χ2n) is 5.80. The Morgan fingerprint density at radius 1 is 1.27 bits per heavy atom. The van der Waals surface area contributed by atoms with Gasteiger partial charge in [0.25, 0.3) is 5.91 Å². The average molecular weight is 390 g/mol. The summed E-state index contributed by atoms with van der Waals surface area (Å²) in [5, 5.41) is 0. The molecular weight excluding hydrogens is 366 g/mol. The molecule has 1 aliphatic rings. The van der Waals surface area contributed by atoms with Crippen LogP contribution in [0.25, 0.3) is 6.08 Å². The number of nitrogens with zero attached hydrogens (tertiary/aromatic N) is 1. The predicted octanol–water partition coefficient (Wildman–Crippen LogP) is 4.57. The summed E-state index contributed by atoms with van der Waals surface area (Å²) in [6.45, 7) is 2.95. The van der Waals surface area contributed by atoms with Gasteiger partial charge in [0.2, 0.25) is 0 Å². The number of esters is 1. The fourth-order valence-electron chi connectivity index (χ4n) is 2.30. The van der Waals surface area contributed by atoms with E-state index in [0.29, 0.717) is 35.2 Å². The zero-order valence-electron chi connectivity index (χ0n) is 14.8. The van der Waals surface area contributed by atoms with Crippen molar-refractivity contribution < 1.29 is 14.3 Å². The largest absolute Gasteiger partial charge is 0.466 e. The summed E-state index contributed by atoms with van der Waals surface area (Å²) >= 11 is 6.58. The van der Waals surface area contributed by atoms with E-state index >= 15 is 0 Å². The van der Waals surface area contributed by atoms with E-state index in [1.165, 1.54) is 11.8 Å². The molecule has 1 saturated heterocycles. The molecule has 6 heteroatoms. The van der Waals surface area contributed by atoms with Gasteiger partial charge in [-0.3, -0.25) is 14.5 Å². The van der Waals surface area contributed by atoms with E-state index in [-0.39, 0.29) is 11.9 Å². The number of allylic oxidation sites excluding steroid dienone is 2. The van der Waals surface area contributed by atoms with E-state index in [9.17, 15) is 9.59 Å². The second kappa shape index (κ2) is 10.9. The number of carbonyl (C=O) groups excluding carboxylic acids is 2. The molecule has 0 saturated carbocycles. The van der Waals surface area contributed by atoms with Crippen molar-refractivity contribution >= 4 is 46.3 Å². The van der Waals surface area contributed by atoms with Gasteiger partial charge in [-0.05, 0) is 24.5 Å². The van der Waals surface area contributed by atoms with E-state index in [4.69, 9.17) is 17.0 Å². The van der Waals surface area contributed by atoms with Crippen molar-refractivity contribution in [1.29, 1.82) is 0 Å². The number of thiocarbonyl (C=S) groups is 1. The molecule has 0 N–H and O–H groups in total. The van der Waals surface area contributed by atoms with Crippen LogP contribution >= 0.6 is 24.0 Å². The fraction of sp³-hybridized carbons (Fsp3) is 0.350. The third kappa shape index (κ3) is 6.42. The normalized spacial score (nSPS) is 16.0. The molecule has 26 heavy (non-hydrogen) atoms. The van der Waals surface area contributed by atoms with Gasteiger partial charge < -0.3 is 4.74 Å². The van der Waals surface area contributed by atoms with Crippen LogP contribution in [0.1, 0.15) is 38.2 Å². The van der Waals surface area contributed by atoms with Crippen molar-refractivity contribution in [3.05, 3.63) is 53.0 Å². The van der Waals surface area contributed by atoms with Gasteiger partial charge in [0.05, 0.1) is 11.5 Å². The lowest BCUT2D eigenvalue weighted by molar-refractivity contribution is -0.144. The quantitative estimate of drug-likeness (QED) is 0.268. The first-order valence-corrected chi connectivity index (χ1v) is 9.97. The Kier molecular flexibility index (Phi) is 8.58. The number of benzene rings is 1. The van der Waals surface area contributed by atoms with E-state index in [2.05, 4.69) is 0 Å². The van der Waals surface area contributed by atoms with Gasteiger partial charge in [0.1, 0.15) is 4.32 Å². The molecule has 1 amide bonds. The Hall–Kier alpha value is -1.92. The summed E-state index contributed by atoms with van der Waals surface area (Å²) in [4.78, 5) is 26.2. The van der Waals surface area contributed by atoms with Crippen molar-refractivity contribution in [2.75, 3.05) is 13.2 Å². The lowest BCUT2D eigenvalue weighted by Crippen LogP contribution is -2.29. The highest BCUT2D eigenvalue weighted by atomic mass is 32.2. The summed E-state index contributed by atoms with van der Waals surface area (Å²) in [6.07, 6.45) is 8.30. The third-order valence-electron chi connectivity index (χ3n) is 3.73. The van der Waals surface area contributed by atoms with Crippen molar-refractivity contribution in [1.82, 2.24) is 4.90 Å². The minimum Gasteiger partial charge on any atom is -0.466 e. The molecular formula is C20H23NO3S2. The van der Waals surface area contributed by atoms with Gasteiger partial charge in [-0.15, -0.1) is 0 Å². The highest BCUT2D eigenvalue weighted by Gasteiger charge is 2.31. The first-order chi connectivity index (χ1) is 12.6. The molecule has 0 spiro atoms. The van der Waals surface area contributed by atoms with Crippen LogP contribution in [-0.2, 0) is 14.3 Å². The van der Waals surface area contributed by atoms with Crippen LogP contribution in [0, 0.1) is 0 Å². The molecule has 1 aromatic rings. The van der Waals surface area contributed by atoms with Crippen molar-refractivity contribution in [3.63, 3.8) is 0 Å². The molecule has 0 atom stereocenters. The van der Waals surface area contributed by atoms with E-state index in [1.54, 1.807) is 11.0 Å². The standard InChI is InChI=1S/C20H23NO3S2/c1-2-3-15-24-18(22)13-8-14-21-19(23)17(26-20(21)25)12-7-11-16-9-5-4-6-10-16/h4-7,9-12H,2-3,8,13-15H2,1H3/b11-7+,17-12-. The molecule has 2 rings (SSSR count). The lowest BCUT2D eigenvalue weighted by Gasteiger charge is -2.13. The molecule has 1 heterocycles. The van der Waals surface area contributed by atoms with E-state index in [0.717, 1.165) is 18.4 Å². The number of thioether (sulfide) groups is 1. The monoisotopic (exact) mass is 389 g/mol. The molecule has 1 aliphatic heterocycles. The number of rotatable bonds is 9. The summed E-state index contributed by atoms with van der Waals surface area (Å²) < 4.78 is 5.65. The Balaban J connectivity index is 1.81. The zero-order valence-corrected chi connectivity index (χ0v) is 16.5. The Morgan fingerprint density at radius 3 is 2.77 bits per heavy atom. The maximum absolute atomic E-state index is 12.4. The molecule has 138 valence electrons. The van der Waals surface area contributed by atoms with Gasteiger partial charge in [0.15, 0.2) is 0 Å². The highest BCUT2D eigenvalue weighted by molar-refractivity contribution is 8.26. The first-order valence-electron chi connectivity index (χ1n) is 8.74. The lowest BCUT2D eigenvalue weighted by atomic mass is 10.2. The number of hydrogen-bond acceptors (Lipinski definition) is 5. The maximum Gasteiger partial charge on any atom is 0.305 e. The van der Waals surface area contributed by atoms with Crippen LogP contribution in [0.2, 0.25) is 0 Å². The molecule has 1 aromatic carbocycles. The molecule has 0 unspecified atom stereocenters. The van der Waals surface area contributed by atoms with Crippen molar-refractivity contribution in [2.45, 2.75) is 32.6 Å². The highest BCUT2D eigenvalue weighted by Crippen LogP contribution is 2.31. The van der Waals surface area contributed by atoms with Crippen molar-refractivity contribution in [2.24, 2.45) is 0 Å². The van der Waals surface area contributed by atoms with Gasteiger partial charge in [-0.25, -0.2) is 0 Å². The SMILES string of the molecule is CCCCOC(=O)CCCN1C(=O)/C(=C/C=C/c2ccccc2)SC1=S. The van der Waals surface area contributed by atoms with Gasteiger partial charge in [0, 0.05) is 13.0 Å². The van der Waals surface area contributed by atoms with E-state index < -0.39 is 0 Å². The molecule has 1 fully saturated rings. The van der Waals surface area contributed by atoms with Crippen LogP contribution < -0.4 is 0 Å². The number of ether oxygens (including phenoxy) is 1. The topological polar surface area (TPSA) is 46.6 Å². The molecule has 0 aliphatic carbocycles. The predicted molar refractivity (Wildman–Crippen MR) is 111 cm³/mol. The molecule has 4 nitrogen and oxygen atoms in total. The van der Waals surface area contributed by atoms with Crippen LogP contribution in [0.5, 0.6) is 0 Å².